The fourth-order valence-electron chi connectivity index (χ4n) is 2.29. The standard InChI is InChI=1S/C15H13ClN2S/c1-10-3-2-4-11(7-10)9-18-14-6-5-12(16)8-13(14)17-15(18)19/h2-8H,9H2,1H3,(H,17,19). The Bertz CT molecular complexity index is 801. The van der Waals surface area contributed by atoms with Gasteiger partial charge >= 0.3 is 0 Å². The highest BCUT2D eigenvalue weighted by molar-refractivity contribution is 7.71. The van der Waals surface area contributed by atoms with Crippen LogP contribution in [-0.4, -0.2) is 9.55 Å². The minimum atomic E-state index is 0.714. The minimum Gasteiger partial charge on any atom is -0.331 e. The molecule has 2 nitrogen and oxygen atoms in total. The Hall–Kier alpha value is -1.58. The van der Waals surface area contributed by atoms with Gasteiger partial charge in [-0.15, -0.1) is 0 Å². The third-order valence-corrected chi connectivity index (χ3v) is 3.72. The van der Waals surface area contributed by atoms with Gasteiger partial charge in [0.2, 0.25) is 0 Å². The number of aromatic amines is 1. The predicted octanol–water partition coefficient (Wildman–Crippen LogP) is 4.71. The van der Waals surface area contributed by atoms with Crippen LogP contribution in [0.4, 0.5) is 0 Å². The molecule has 3 aromatic rings. The Morgan fingerprint density at radius 3 is 2.84 bits per heavy atom. The molecule has 1 heterocycles. The maximum Gasteiger partial charge on any atom is 0.178 e. The lowest BCUT2D eigenvalue weighted by Crippen LogP contribution is -1.99. The monoisotopic (exact) mass is 288 g/mol. The molecule has 96 valence electrons. The molecule has 2 aromatic carbocycles. The number of imidazole rings is 1. The molecular formula is C15H13ClN2S. The van der Waals surface area contributed by atoms with Gasteiger partial charge in [-0.1, -0.05) is 41.4 Å². The fourth-order valence-corrected chi connectivity index (χ4v) is 2.73. The maximum absolute atomic E-state index is 6.00. The van der Waals surface area contributed by atoms with Crippen molar-refractivity contribution in [3.63, 3.8) is 0 Å². The van der Waals surface area contributed by atoms with E-state index in [0.717, 1.165) is 22.3 Å². The van der Waals surface area contributed by atoms with Gasteiger partial charge in [-0.05, 0) is 42.9 Å². The molecule has 0 spiro atoms. The van der Waals surface area contributed by atoms with Crippen LogP contribution in [0.15, 0.2) is 42.5 Å². The van der Waals surface area contributed by atoms with Gasteiger partial charge in [0.15, 0.2) is 4.77 Å². The number of nitrogens with zero attached hydrogens (tertiary/aromatic N) is 1. The van der Waals surface area contributed by atoms with E-state index in [9.17, 15) is 0 Å². The summed E-state index contributed by atoms with van der Waals surface area (Å²) < 4.78 is 2.81. The molecule has 0 bridgehead atoms. The lowest BCUT2D eigenvalue weighted by atomic mass is 10.1. The molecule has 3 rings (SSSR count). The Kier molecular flexibility index (Phi) is 3.17. The van der Waals surface area contributed by atoms with E-state index >= 15 is 0 Å². The summed E-state index contributed by atoms with van der Waals surface area (Å²) >= 11 is 11.4. The van der Waals surface area contributed by atoms with E-state index in [2.05, 4.69) is 40.7 Å². The lowest BCUT2D eigenvalue weighted by molar-refractivity contribution is 0.809. The van der Waals surface area contributed by atoms with Crippen LogP contribution in [0.3, 0.4) is 0 Å². The van der Waals surface area contributed by atoms with Crippen molar-refractivity contribution in [2.75, 3.05) is 0 Å². The summed E-state index contributed by atoms with van der Waals surface area (Å²) in [6, 6.07) is 14.2. The zero-order chi connectivity index (χ0) is 13.4. The first-order valence-electron chi connectivity index (χ1n) is 6.07. The number of benzene rings is 2. The van der Waals surface area contributed by atoms with Crippen molar-refractivity contribution in [3.05, 3.63) is 63.4 Å². The quantitative estimate of drug-likeness (QED) is 0.677. The highest BCUT2D eigenvalue weighted by atomic mass is 35.5. The number of hydrogen-bond donors (Lipinski definition) is 1. The van der Waals surface area contributed by atoms with Crippen LogP contribution in [0.25, 0.3) is 11.0 Å². The van der Waals surface area contributed by atoms with Gasteiger partial charge < -0.3 is 9.55 Å². The van der Waals surface area contributed by atoms with Crippen LogP contribution in [0.2, 0.25) is 5.02 Å². The van der Waals surface area contributed by atoms with E-state index < -0.39 is 0 Å². The van der Waals surface area contributed by atoms with Gasteiger partial charge in [-0.2, -0.15) is 0 Å². The third-order valence-electron chi connectivity index (χ3n) is 3.16. The van der Waals surface area contributed by atoms with Gasteiger partial charge in [0.25, 0.3) is 0 Å². The second-order valence-corrected chi connectivity index (χ2v) is 5.49. The Morgan fingerprint density at radius 1 is 1.21 bits per heavy atom. The molecule has 1 N–H and O–H groups in total. The molecule has 19 heavy (non-hydrogen) atoms. The fraction of sp³-hybridized carbons (Fsp3) is 0.133. The smallest absolute Gasteiger partial charge is 0.178 e. The first-order valence-corrected chi connectivity index (χ1v) is 6.86. The number of aromatic nitrogens is 2. The first-order chi connectivity index (χ1) is 9.13. The topological polar surface area (TPSA) is 20.7 Å². The normalized spacial score (nSPS) is 11.1. The van der Waals surface area contributed by atoms with Crippen molar-refractivity contribution in [2.24, 2.45) is 0 Å². The zero-order valence-electron chi connectivity index (χ0n) is 10.5. The zero-order valence-corrected chi connectivity index (χ0v) is 12.1. The molecule has 0 saturated carbocycles. The van der Waals surface area contributed by atoms with Crippen LogP contribution in [0, 0.1) is 11.7 Å². The molecule has 0 aliphatic heterocycles. The second kappa shape index (κ2) is 4.83. The summed E-state index contributed by atoms with van der Waals surface area (Å²) in [6.07, 6.45) is 0. The second-order valence-electron chi connectivity index (χ2n) is 4.67. The SMILES string of the molecule is Cc1cccc(Cn2c(=S)[nH]c3cc(Cl)ccc32)c1. The Labute approximate surface area is 121 Å². The van der Waals surface area contributed by atoms with E-state index in [4.69, 9.17) is 23.8 Å². The highest BCUT2D eigenvalue weighted by Crippen LogP contribution is 2.20. The van der Waals surface area contributed by atoms with Crippen molar-refractivity contribution >= 4 is 34.9 Å². The average molecular weight is 289 g/mol. The molecule has 0 amide bonds. The van der Waals surface area contributed by atoms with Crippen LogP contribution >= 0.6 is 23.8 Å². The van der Waals surface area contributed by atoms with E-state index in [0.29, 0.717) is 5.02 Å². The van der Waals surface area contributed by atoms with E-state index in [1.165, 1.54) is 11.1 Å². The number of aryl methyl sites for hydroxylation is 1. The van der Waals surface area contributed by atoms with E-state index in [1.807, 2.05) is 18.2 Å². The molecule has 0 saturated heterocycles. The van der Waals surface area contributed by atoms with Crippen molar-refractivity contribution in [1.82, 2.24) is 9.55 Å². The van der Waals surface area contributed by atoms with Crippen LogP contribution in [0.1, 0.15) is 11.1 Å². The molecule has 4 heteroatoms. The molecule has 1 aromatic heterocycles. The number of nitrogens with one attached hydrogen (secondary N) is 1. The Balaban J connectivity index is 2.10. The number of halogens is 1. The largest absolute Gasteiger partial charge is 0.331 e. The van der Waals surface area contributed by atoms with Crippen molar-refractivity contribution in [2.45, 2.75) is 13.5 Å². The molecule has 0 unspecified atom stereocenters. The van der Waals surface area contributed by atoms with Crippen molar-refractivity contribution < 1.29 is 0 Å². The molecule has 0 radical (unpaired) electrons. The molecule has 0 atom stereocenters. The summed E-state index contributed by atoms with van der Waals surface area (Å²) in [5.41, 5.74) is 4.56. The van der Waals surface area contributed by atoms with Gasteiger partial charge in [0.1, 0.15) is 0 Å². The molecular weight excluding hydrogens is 276 g/mol. The maximum atomic E-state index is 6.00. The lowest BCUT2D eigenvalue weighted by Gasteiger charge is -2.05. The predicted molar refractivity (Wildman–Crippen MR) is 82.4 cm³/mol. The number of fused-ring (bicyclic) bond motifs is 1. The number of rotatable bonds is 2. The molecule has 0 aliphatic rings. The summed E-state index contributed by atoms with van der Waals surface area (Å²) in [5, 5.41) is 0.714. The summed E-state index contributed by atoms with van der Waals surface area (Å²) in [7, 11) is 0. The van der Waals surface area contributed by atoms with Gasteiger partial charge in [-0.3, -0.25) is 0 Å². The average Bonchev–Trinajstić information content (AvgIpc) is 2.65. The van der Waals surface area contributed by atoms with Crippen LogP contribution in [0.5, 0.6) is 0 Å². The molecule has 0 aliphatic carbocycles. The summed E-state index contributed by atoms with van der Waals surface area (Å²) in [5.74, 6) is 0. The molecule has 0 fully saturated rings. The van der Waals surface area contributed by atoms with E-state index in [-0.39, 0.29) is 0 Å². The van der Waals surface area contributed by atoms with E-state index in [1.54, 1.807) is 0 Å². The summed E-state index contributed by atoms with van der Waals surface area (Å²) in [4.78, 5) is 3.20. The van der Waals surface area contributed by atoms with Crippen LogP contribution < -0.4 is 0 Å². The first kappa shape index (κ1) is 12.5. The van der Waals surface area contributed by atoms with Gasteiger partial charge in [0, 0.05) is 5.02 Å². The van der Waals surface area contributed by atoms with Gasteiger partial charge in [0.05, 0.1) is 17.6 Å². The number of hydrogen-bond acceptors (Lipinski definition) is 1. The van der Waals surface area contributed by atoms with Crippen molar-refractivity contribution in [1.29, 1.82) is 0 Å². The minimum absolute atomic E-state index is 0.714. The number of H-pyrrole nitrogens is 1. The Morgan fingerprint density at radius 2 is 2.05 bits per heavy atom. The highest BCUT2D eigenvalue weighted by Gasteiger charge is 2.05. The van der Waals surface area contributed by atoms with Crippen molar-refractivity contribution in [3.8, 4) is 0 Å². The van der Waals surface area contributed by atoms with Gasteiger partial charge in [-0.25, -0.2) is 0 Å². The summed E-state index contributed by atoms with van der Waals surface area (Å²) in [6.45, 7) is 2.86. The van der Waals surface area contributed by atoms with Crippen LogP contribution in [-0.2, 0) is 6.54 Å². The third kappa shape index (κ3) is 2.44.